The number of anilines is 1. The molecule has 1 amide bonds. The molecule has 0 spiro atoms. The molecule has 0 aliphatic carbocycles. The third kappa shape index (κ3) is 4.64. The van der Waals surface area contributed by atoms with Gasteiger partial charge in [-0.15, -0.1) is 0 Å². The molecular weight excluding hydrogens is 392 g/mol. The van der Waals surface area contributed by atoms with E-state index >= 15 is 0 Å². The Bertz CT molecular complexity index is 1020. The zero-order chi connectivity index (χ0) is 21.2. The van der Waals surface area contributed by atoms with E-state index in [4.69, 9.17) is 9.47 Å². The van der Waals surface area contributed by atoms with E-state index in [1.165, 1.54) is 4.31 Å². The van der Waals surface area contributed by atoms with Crippen LogP contribution in [0.25, 0.3) is 0 Å². The summed E-state index contributed by atoms with van der Waals surface area (Å²) in [6.07, 6.45) is 1.47. The van der Waals surface area contributed by atoms with Crippen molar-refractivity contribution in [1.82, 2.24) is 5.32 Å². The Labute approximate surface area is 171 Å². The quantitative estimate of drug-likeness (QED) is 0.747. The first kappa shape index (κ1) is 21.0. The molecule has 8 heteroatoms. The highest BCUT2D eigenvalue weighted by Crippen LogP contribution is 2.32. The number of amides is 1. The molecule has 0 saturated carbocycles. The Morgan fingerprint density at radius 1 is 1.14 bits per heavy atom. The van der Waals surface area contributed by atoms with Gasteiger partial charge in [0.1, 0.15) is 6.04 Å². The maximum absolute atomic E-state index is 13.0. The molecule has 2 aromatic rings. The van der Waals surface area contributed by atoms with E-state index < -0.39 is 16.1 Å². The van der Waals surface area contributed by atoms with Crippen LogP contribution in [-0.2, 0) is 21.4 Å². The van der Waals surface area contributed by atoms with Gasteiger partial charge in [-0.3, -0.25) is 9.10 Å². The van der Waals surface area contributed by atoms with Gasteiger partial charge in [-0.1, -0.05) is 25.1 Å². The summed E-state index contributed by atoms with van der Waals surface area (Å²) < 4.78 is 37.1. The molecule has 0 aromatic heterocycles. The topological polar surface area (TPSA) is 84.9 Å². The molecule has 2 aromatic carbocycles. The molecule has 1 aliphatic rings. The smallest absolute Gasteiger partial charge is 0.244 e. The highest BCUT2D eigenvalue weighted by atomic mass is 32.2. The van der Waals surface area contributed by atoms with Crippen molar-refractivity contribution in [3.8, 4) is 11.5 Å². The van der Waals surface area contributed by atoms with Gasteiger partial charge >= 0.3 is 0 Å². The second-order valence-corrected chi connectivity index (χ2v) is 9.04. The third-order valence-electron chi connectivity index (χ3n) is 4.84. The van der Waals surface area contributed by atoms with Crippen molar-refractivity contribution in [1.29, 1.82) is 0 Å². The molecule has 1 aliphatic heterocycles. The predicted octanol–water partition coefficient (Wildman–Crippen LogP) is 2.89. The van der Waals surface area contributed by atoms with Crippen LogP contribution in [0.1, 0.15) is 30.0 Å². The molecular formula is C21H26N2O5S. The zero-order valence-corrected chi connectivity index (χ0v) is 17.9. The van der Waals surface area contributed by atoms with Crippen molar-refractivity contribution >= 4 is 21.6 Å². The van der Waals surface area contributed by atoms with Crippen LogP contribution in [0.4, 0.5) is 5.69 Å². The summed E-state index contributed by atoms with van der Waals surface area (Å²) >= 11 is 0. The van der Waals surface area contributed by atoms with Crippen molar-refractivity contribution in [2.75, 3.05) is 17.4 Å². The van der Waals surface area contributed by atoms with Gasteiger partial charge < -0.3 is 14.8 Å². The lowest BCUT2D eigenvalue weighted by Gasteiger charge is -2.31. The first-order valence-electron chi connectivity index (χ1n) is 9.43. The van der Waals surface area contributed by atoms with Crippen molar-refractivity contribution in [3.05, 3.63) is 53.1 Å². The summed E-state index contributed by atoms with van der Waals surface area (Å²) in [6.45, 7) is 5.97. The number of carbonyl (C=O) groups excluding carboxylic acids is 1. The number of ether oxygens (including phenoxy) is 2. The summed E-state index contributed by atoms with van der Waals surface area (Å²) in [5, 5.41) is 2.86. The molecule has 156 valence electrons. The molecule has 0 unspecified atom stereocenters. The number of aryl methyl sites for hydroxylation is 2. The average Bonchev–Trinajstić information content (AvgIpc) is 3.13. The highest BCUT2D eigenvalue weighted by Gasteiger charge is 2.32. The molecule has 3 rings (SSSR count). The monoisotopic (exact) mass is 418 g/mol. The maximum atomic E-state index is 13.0. The van der Waals surface area contributed by atoms with E-state index in [2.05, 4.69) is 5.32 Å². The molecule has 0 bridgehead atoms. The van der Waals surface area contributed by atoms with E-state index in [1.54, 1.807) is 19.1 Å². The van der Waals surface area contributed by atoms with Gasteiger partial charge in [0.25, 0.3) is 0 Å². The summed E-state index contributed by atoms with van der Waals surface area (Å²) in [6, 6.07) is 10.2. The van der Waals surface area contributed by atoms with E-state index in [0.29, 0.717) is 23.6 Å². The Balaban J connectivity index is 1.83. The number of hydrogen-bond acceptors (Lipinski definition) is 5. The van der Waals surface area contributed by atoms with Gasteiger partial charge in [-0.25, -0.2) is 8.42 Å². The fraction of sp³-hybridized carbons (Fsp3) is 0.381. The first-order valence-corrected chi connectivity index (χ1v) is 11.3. The second kappa shape index (κ2) is 8.32. The van der Waals surface area contributed by atoms with Crippen LogP contribution in [0.2, 0.25) is 0 Å². The number of benzene rings is 2. The summed E-state index contributed by atoms with van der Waals surface area (Å²) in [4.78, 5) is 13.0. The molecule has 7 nitrogen and oxygen atoms in total. The third-order valence-corrected chi connectivity index (χ3v) is 6.00. The summed E-state index contributed by atoms with van der Waals surface area (Å²) in [5.41, 5.74) is 3.09. The first-order chi connectivity index (χ1) is 13.7. The standard InChI is InChI=1S/C21H26N2O5S/c1-5-17(23(29(4,25)26)18-10-14(2)6-7-15(18)3)21(24)22-12-16-8-9-19-20(11-16)28-13-27-19/h6-11,17H,5,12-13H2,1-4H3,(H,22,24)/t17-/m1/s1. The lowest BCUT2D eigenvalue weighted by atomic mass is 10.1. The minimum absolute atomic E-state index is 0.183. The molecule has 1 atom stereocenters. The van der Waals surface area contributed by atoms with Gasteiger partial charge in [0.05, 0.1) is 11.9 Å². The molecule has 0 saturated heterocycles. The minimum Gasteiger partial charge on any atom is -0.454 e. The summed E-state index contributed by atoms with van der Waals surface area (Å²) in [5.74, 6) is 0.957. The van der Waals surface area contributed by atoms with E-state index in [1.807, 2.05) is 38.1 Å². The molecule has 1 N–H and O–H groups in total. The number of rotatable bonds is 7. The number of sulfonamides is 1. The van der Waals surface area contributed by atoms with Gasteiger partial charge in [0.2, 0.25) is 22.7 Å². The maximum Gasteiger partial charge on any atom is 0.244 e. The van der Waals surface area contributed by atoms with Crippen LogP contribution >= 0.6 is 0 Å². The Hall–Kier alpha value is -2.74. The van der Waals surface area contributed by atoms with Crippen LogP contribution in [0.15, 0.2) is 36.4 Å². The van der Waals surface area contributed by atoms with E-state index in [9.17, 15) is 13.2 Å². The van der Waals surface area contributed by atoms with Crippen LogP contribution in [0, 0.1) is 13.8 Å². The number of fused-ring (bicyclic) bond motifs is 1. The van der Waals surface area contributed by atoms with Crippen molar-refractivity contribution in [3.63, 3.8) is 0 Å². The Morgan fingerprint density at radius 2 is 1.86 bits per heavy atom. The number of carbonyl (C=O) groups is 1. The average molecular weight is 419 g/mol. The second-order valence-electron chi connectivity index (χ2n) is 7.18. The van der Waals surface area contributed by atoms with Gasteiger partial charge in [0, 0.05) is 6.54 Å². The van der Waals surface area contributed by atoms with Crippen LogP contribution in [-0.4, -0.2) is 33.4 Å². The fourth-order valence-electron chi connectivity index (χ4n) is 3.35. The Kier molecular flexibility index (Phi) is 6.02. The zero-order valence-electron chi connectivity index (χ0n) is 17.1. The van der Waals surface area contributed by atoms with Gasteiger partial charge in [0.15, 0.2) is 11.5 Å². The number of hydrogen-bond donors (Lipinski definition) is 1. The van der Waals surface area contributed by atoms with Crippen molar-refractivity contribution in [2.45, 2.75) is 39.8 Å². The Morgan fingerprint density at radius 3 is 2.55 bits per heavy atom. The number of nitrogens with one attached hydrogen (secondary N) is 1. The largest absolute Gasteiger partial charge is 0.454 e. The summed E-state index contributed by atoms with van der Waals surface area (Å²) in [7, 11) is -3.67. The van der Waals surface area contributed by atoms with Crippen LogP contribution in [0.5, 0.6) is 11.5 Å². The van der Waals surface area contributed by atoms with Crippen LogP contribution < -0.4 is 19.1 Å². The van der Waals surface area contributed by atoms with Crippen molar-refractivity contribution < 1.29 is 22.7 Å². The molecule has 0 radical (unpaired) electrons. The highest BCUT2D eigenvalue weighted by molar-refractivity contribution is 7.92. The lowest BCUT2D eigenvalue weighted by molar-refractivity contribution is -0.122. The minimum atomic E-state index is -3.67. The molecule has 1 heterocycles. The fourth-order valence-corrected chi connectivity index (χ4v) is 4.61. The van der Waals surface area contributed by atoms with Crippen LogP contribution in [0.3, 0.4) is 0 Å². The number of nitrogens with zero attached hydrogens (tertiary/aromatic N) is 1. The van der Waals surface area contributed by atoms with E-state index in [0.717, 1.165) is 22.9 Å². The van der Waals surface area contributed by atoms with E-state index in [-0.39, 0.29) is 19.2 Å². The SMILES string of the molecule is CC[C@H](C(=O)NCc1ccc2c(c1)OCO2)N(c1cc(C)ccc1C)S(C)(=O)=O. The predicted molar refractivity (Wildman–Crippen MR) is 112 cm³/mol. The van der Waals surface area contributed by atoms with Gasteiger partial charge in [-0.05, 0) is 55.2 Å². The van der Waals surface area contributed by atoms with Gasteiger partial charge in [-0.2, -0.15) is 0 Å². The normalized spacial score (nSPS) is 13.8. The lowest BCUT2D eigenvalue weighted by Crippen LogP contribution is -2.49. The molecule has 0 fully saturated rings. The molecule has 29 heavy (non-hydrogen) atoms. The van der Waals surface area contributed by atoms with Crippen molar-refractivity contribution in [2.24, 2.45) is 0 Å².